The minimum absolute atomic E-state index is 0.0335. The molecule has 5 rings (SSSR count). The molecule has 4 aromatic rings. The van der Waals surface area contributed by atoms with E-state index in [0.29, 0.717) is 12.1 Å². The first-order valence-electron chi connectivity index (χ1n) is 11.2. The lowest BCUT2D eigenvalue weighted by Crippen LogP contribution is -2.32. The third-order valence-electron chi connectivity index (χ3n) is 6.05. The molecular weight excluding hydrogens is 400 g/mol. The van der Waals surface area contributed by atoms with Gasteiger partial charge >= 0.3 is 0 Å². The van der Waals surface area contributed by atoms with Crippen LogP contribution in [0.1, 0.15) is 60.2 Å². The fourth-order valence-corrected chi connectivity index (χ4v) is 4.28. The van der Waals surface area contributed by atoms with Gasteiger partial charge in [0.1, 0.15) is 11.5 Å². The second-order valence-electron chi connectivity index (χ2n) is 8.95. The van der Waals surface area contributed by atoms with E-state index in [1.54, 1.807) is 6.20 Å². The van der Waals surface area contributed by atoms with Crippen molar-refractivity contribution in [3.63, 3.8) is 0 Å². The predicted molar refractivity (Wildman–Crippen MR) is 124 cm³/mol. The molecular formula is C26H28N4O2. The molecule has 1 fully saturated rings. The number of amides is 1. The molecule has 1 amide bonds. The molecule has 1 saturated carbocycles. The van der Waals surface area contributed by atoms with Crippen molar-refractivity contribution in [3.8, 4) is 11.3 Å². The van der Waals surface area contributed by atoms with Crippen molar-refractivity contribution in [2.24, 2.45) is 0 Å². The molecule has 0 aliphatic heterocycles. The van der Waals surface area contributed by atoms with Gasteiger partial charge in [-0.1, -0.05) is 30.3 Å². The standard InChI is InChI=1S/C26H28N4O2/c1-16(2)30-25-23(14-27-30)22(13-24(28-25)21-12-17(3)32-18(21)4)26(31)29(20-10-11-20)15-19-8-6-5-7-9-19/h5-9,12-14,16,20H,10-11,15H2,1-4H3. The van der Waals surface area contributed by atoms with Crippen molar-refractivity contribution in [1.82, 2.24) is 19.7 Å². The fraction of sp³-hybridized carbons (Fsp3) is 0.346. The van der Waals surface area contributed by atoms with E-state index in [2.05, 4.69) is 31.1 Å². The molecule has 3 aromatic heterocycles. The second kappa shape index (κ2) is 7.93. The van der Waals surface area contributed by atoms with Crippen molar-refractivity contribution in [2.45, 2.75) is 59.2 Å². The van der Waals surface area contributed by atoms with Gasteiger partial charge in [-0.2, -0.15) is 5.10 Å². The summed E-state index contributed by atoms with van der Waals surface area (Å²) < 4.78 is 7.64. The zero-order valence-electron chi connectivity index (χ0n) is 19.0. The number of aromatic nitrogens is 3. The van der Waals surface area contributed by atoms with Crippen LogP contribution in [0.4, 0.5) is 0 Å². The molecule has 1 aliphatic carbocycles. The Hall–Kier alpha value is -3.41. The van der Waals surface area contributed by atoms with Crippen LogP contribution in [-0.4, -0.2) is 31.6 Å². The summed E-state index contributed by atoms with van der Waals surface area (Å²) in [4.78, 5) is 20.9. The quantitative estimate of drug-likeness (QED) is 0.395. The number of furan rings is 1. The summed E-state index contributed by atoms with van der Waals surface area (Å²) in [6.45, 7) is 8.60. The van der Waals surface area contributed by atoms with Crippen molar-refractivity contribution in [2.75, 3.05) is 0 Å². The van der Waals surface area contributed by atoms with Gasteiger partial charge in [0.2, 0.25) is 0 Å². The predicted octanol–water partition coefficient (Wildman–Crippen LogP) is 5.69. The number of hydrogen-bond acceptors (Lipinski definition) is 4. The number of benzene rings is 1. The largest absolute Gasteiger partial charge is 0.466 e. The molecule has 0 atom stereocenters. The van der Waals surface area contributed by atoms with Crippen molar-refractivity contribution >= 4 is 16.9 Å². The smallest absolute Gasteiger partial charge is 0.255 e. The van der Waals surface area contributed by atoms with Crippen LogP contribution in [0.15, 0.2) is 53.1 Å². The number of rotatable bonds is 6. The number of fused-ring (bicyclic) bond motifs is 1. The normalized spacial score (nSPS) is 13.8. The third-order valence-corrected chi connectivity index (χ3v) is 6.05. The van der Waals surface area contributed by atoms with Crippen LogP contribution in [0.25, 0.3) is 22.3 Å². The highest BCUT2D eigenvalue weighted by Crippen LogP contribution is 2.34. The van der Waals surface area contributed by atoms with E-state index in [1.807, 2.05) is 53.8 Å². The van der Waals surface area contributed by atoms with E-state index in [1.165, 1.54) is 0 Å². The molecule has 1 aliphatic rings. The Morgan fingerprint density at radius 2 is 1.94 bits per heavy atom. The average molecular weight is 429 g/mol. The number of aryl methyl sites for hydroxylation is 2. The van der Waals surface area contributed by atoms with Crippen LogP contribution in [0.3, 0.4) is 0 Å². The Kier molecular flexibility index (Phi) is 5.08. The molecule has 6 heteroatoms. The summed E-state index contributed by atoms with van der Waals surface area (Å²) in [6.07, 6.45) is 3.87. The number of nitrogens with zero attached hydrogens (tertiary/aromatic N) is 4. The second-order valence-corrected chi connectivity index (χ2v) is 8.95. The molecule has 0 bridgehead atoms. The first kappa shape index (κ1) is 20.5. The summed E-state index contributed by atoms with van der Waals surface area (Å²) in [7, 11) is 0. The fourth-order valence-electron chi connectivity index (χ4n) is 4.28. The molecule has 0 spiro atoms. The minimum Gasteiger partial charge on any atom is -0.466 e. The third kappa shape index (κ3) is 3.70. The molecule has 1 aromatic carbocycles. The van der Waals surface area contributed by atoms with Gasteiger partial charge in [0, 0.05) is 24.2 Å². The van der Waals surface area contributed by atoms with Crippen molar-refractivity contribution in [1.29, 1.82) is 0 Å². The van der Waals surface area contributed by atoms with Crippen molar-refractivity contribution in [3.05, 3.63) is 71.3 Å². The maximum Gasteiger partial charge on any atom is 0.255 e. The van der Waals surface area contributed by atoms with Crippen LogP contribution in [0.5, 0.6) is 0 Å². The number of carbonyl (C=O) groups excluding carboxylic acids is 1. The summed E-state index contributed by atoms with van der Waals surface area (Å²) in [6, 6.07) is 14.5. The average Bonchev–Trinajstić information content (AvgIpc) is 3.43. The molecule has 32 heavy (non-hydrogen) atoms. The Bertz CT molecular complexity index is 1280. The lowest BCUT2D eigenvalue weighted by molar-refractivity contribution is 0.0732. The Morgan fingerprint density at radius 1 is 1.19 bits per heavy atom. The van der Waals surface area contributed by atoms with Gasteiger partial charge < -0.3 is 9.32 Å². The zero-order valence-corrected chi connectivity index (χ0v) is 19.0. The summed E-state index contributed by atoms with van der Waals surface area (Å²) >= 11 is 0. The van der Waals surface area contributed by atoms with Crippen LogP contribution < -0.4 is 0 Å². The van der Waals surface area contributed by atoms with Gasteiger partial charge in [-0.25, -0.2) is 9.67 Å². The summed E-state index contributed by atoms with van der Waals surface area (Å²) in [5, 5.41) is 5.36. The van der Waals surface area contributed by atoms with Gasteiger partial charge in [-0.05, 0) is 58.2 Å². The van der Waals surface area contributed by atoms with E-state index >= 15 is 0 Å². The molecule has 0 radical (unpaired) electrons. The van der Waals surface area contributed by atoms with E-state index < -0.39 is 0 Å². The molecule has 0 unspecified atom stereocenters. The molecule has 0 saturated heterocycles. The van der Waals surface area contributed by atoms with E-state index in [-0.39, 0.29) is 18.0 Å². The Labute approximate surface area is 187 Å². The molecule has 3 heterocycles. The summed E-state index contributed by atoms with van der Waals surface area (Å²) in [5.41, 5.74) is 4.18. The van der Waals surface area contributed by atoms with Gasteiger partial charge in [-0.15, -0.1) is 0 Å². The SMILES string of the molecule is Cc1cc(-c2cc(C(=O)N(Cc3ccccc3)C3CC3)c3cnn(C(C)C)c3n2)c(C)o1. The Balaban J connectivity index is 1.64. The highest BCUT2D eigenvalue weighted by Gasteiger charge is 2.34. The van der Waals surface area contributed by atoms with Gasteiger partial charge in [0.25, 0.3) is 5.91 Å². The van der Waals surface area contributed by atoms with Crippen molar-refractivity contribution < 1.29 is 9.21 Å². The van der Waals surface area contributed by atoms with Gasteiger partial charge in [-0.3, -0.25) is 4.79 Å². The van der Waals surface area contributed by atoms with E-state index in [0.717, 1.165) is 52.2 Å². The topological polar surface area (TPSA) is 64.2 Å². The van der Waals surface area contributed by atoms with Gasteiger partial charge in [0.15, 0.2) is 5.65 Å². The monoisotopic (exact) mass is 428 g/mol. The zero-order chi connectivity index (χ0) is 22.4. The number of pyridine rings is 1. The Morgan fingerprint density at radius 3 is 2.56 bits per heavy atom. The number of carbonyl (C=O) groups is 1. The van der Waals surface area contributed by atoms with E-state index in [4.69, 9.17) is 9.40 Å². The van der Waals surface area contributed by atoms with E-state index in [9.17, 15) is 4.79 Å². The minimum atomic E-state index is 0.0335. The first-order chi connectivity index (χ1) is 15.4. The molecule has 6 nitrogen and oxygen atoms in total. The van der Waals surface area contributed by atoms with Crippen LogP contribution in [0.2, 0.25) is 0 Å². The van der Waals surface area contributed by atoms with Crippen LogP contribution >= 0.6 is 0 Å². The highest BCUT2D eigenvalue weighted by atomic mass is 16.3. The molecule has 0 N–H and O–H groups in total. The summed E-state index contributed by atoms with van der Waals surface area (Å²) in [5.74, 6) is 1.66. The highest BCUT2D eigenvalue weighted by molar-refractivity contribution is 6.06. The number of hydrogen-bond donors (Lipinski definition) is 0. The van der Waals surface area contributed by atoms with Crippen LogP contribution in [-0.2, 0) is 6.54 Å². The van der Waals surface area contributed by atoms with Crippen LogP contribution in [0, 0.1) is 13.8 Å². The van der Waals surface area contributed by atoms with Gasteiger partial charge in [0.05, 0.1) is 22.8 Å². The first-order valence-corrected chi connectivity index (χ1v) is 11.2. The lowest BCUT2D eigenvalue weighted by Gasteiger charge is -2.23. The lowest BCUT2D eigenvalue weighted by atomic mass is 10.1. The maximum absolute atomic E-state index is 13.9. The molecule has 164 valence electrons. The maximum atomic E-state index is 13.9.